The monoisotopic (exact) mass is 255 g/mol. The first kappa shape index (κ1) is 10.3. The number of ether oxygens (including phenoxy) is 1. The third-order valence-electron chi connectivity index (χ3n) is 2.58. The van der Waals surface area contributed by atoms with Crippen molar-refractivity contribution in [2.75, 3.05) is 13.2 Å². The minimum atomic E-state index is 0.380. The molecule has 6 heteroatoms. The van der Waals surface area contributed by atoms with E-state index in [0.29, 0.717) is 11.2 Å². The van der Waals surface area contributed by atoms with Crippen molar-refractivity contribution in [2.24, 2.45) is 0 Å². The number of aromatic nitrogens is 3. The summed E-state index contributed by atoms with van der Waals surface area (Å²) in [6, 6.07) is 0.380. The molecule has 0 atom stereocenters. The lowest BCUT2D eigenvalue weighted by Gasteiger charge is -2.25. The van der Waals surface area contributed by atoms with E-state index in [9.17, 15) is 0 Å². The third-order valence-corrected chi connectivity index (χ3v) is 4.08. The molecule has 2 aromatic heterocycles. The van der Waals surface area contributed by atoms with E-state index in [1.165, 1.54) is 0 Å². The second-order valence-electron chi connectivity index (χ2n) is 3.77. The fourth-order valence-electron chi connectivity index (χ4n) is 1.53. The van der Waals surface area contributed by atoms with Crippen LogP contribution < -0.4 is 0 Å². The molecule has 0 aromatic carbocycles. The number of aryl methyl sites for hydroxylation is 1. The summed E-state index contributed by atoms with van der Waals surface area (Å²) in [5.41, 5.74) is 1.02. The Bertz CT molecular complexity index is 498. The Morgan fingerprint density at radius 1 is 1.56 bits per heavy atom. The van der Waals surface area contributed by atoms with Gasteiger partial charge in [0, 0.05) is 16.6 Å². The standard InChI is InChI=1S/C10H10ClN3OS/c1-6-9(11)13-10(16-6)7-2-12-14(3-7)8-4-15-5-8/h2-3,8H,4-5H2,1H3. The molecule has 0 spiro atoms. The number of rotatable bonds is 2. The molecule has 3 heterocycles. The van der Waals surface area contributed by atoms with Crippen LogP contribution in [0.25, 0.3) is 10.6 Å². The normalized spacial score (nSPS) is 16.4. The molecule has 0 amide bonds. The Morgan fingerprint density at radius 3 is 2.94 bits per heavy atom. The van der Waals surface area contributed by atoms with Gasteiger partial charge >= 0.3 is 0 Å². The maximum Gasteiger partial charge on any atom is 0.143 e. The van der Waals surface area contributed by atoms with Gasteiger partial charge in [-0.1, -0.05) is 11.6 Å². The van der Waals surface area contributed by atoms with Crippen LogP contribution in [0.5, 0.6) is 0 Å². The number of hydrogen-bond donors (Lipinski definition) is 0. The Balaban J connectivity index is 1.91. The lowest BCUT2D eigenvalue weighted by Crippen LogP contribution is -2.30. The highest BCUT2D eigenvalue weighted by molar-refractivity contribution is 7.15. The van der Waals surface area contributed by atoms with Crippen LogP contribution in [-0.4, -0.2) is 28.0 Å². The van der Waals surface area contributed by atoms with Crippen LogP contribution in [0.1, 0.15) is 10.9 Å². The van der Waals surface area contributed by atoms with Crippen molar-refractivity contribution in [1.29, 1.82) is 0 Å². The van der Waals surface area contributed by atoms with E-state index in [1.54, 1.807) is 11.3 Å². The number of halogens is 1. The van der Waals surface area contributed by atoms with Crippen LogP contribution in [0.3, 0.4) is 0 Å². The van der Waals surface area contributed by atoms with Crippen LogP contribution in [0.2, 0.25) is 5.15 Å². The molecule has 0 saturated carbocycles. The average molecular weight is 256 g/mol. The molecule has 0 aliphatic carbocycles. The van der Waals surface area contributed by atoms with E-state index >= 15 is 0 Å². The Hall–Kier alpha value is -0.910. The number of thiazole rings is 1. The SMILES string of the molecule is Cc1sc(-c2cnn(C3COC3)c2)nc1Cl. The first-order valence-electron chi connectivity index (χ1n) is 4.99. The topological polar surface area (TPSA) is 39.9 Å². The fourth-order valence-corrected chi connectivity index (χ4v) is 2.56. The van der Waals surface area contributed by atoms with Crippen molar-refractivity contribution in [3.63, 3.8) is 0 Å². The van der Waals surface area contributed by atoms with Gasteiger partial charge in [-0.25, -0.2) is 4.98 Å². The van der Waals surface area contributed by atoms with Gasteiger partial charge in [-0.2, -0.15) is 5.10 Å². The van der Waals surface area contributed by atoms with E-state index < -0.39 is 0 Å². The van der Waals surface area contributed by atoms with Crippen molar-refractivity contribution >= 4 is 22.9 Å². The minimum Gasteiger partial charge on any atom is -0.377 e. The van der Waals surface area contributed by atoms with Crippen molar-refractivity contribution in [3.8, 4) is 10.6 Å². The number of hydrogen-bond acceptors (Lipinski definition) is 4. The Kier molecular flexibility index (Phi) is 2.46. The molecule has 0 bridgehead atoms. The largest absolute Gasteiger partial charge is 0.377 e. The van der Waals surface area contributed by atoms with Gasteiger partial charge in [0.25, 0.3) is 0 Å². The molecular weight excluding hydrogens is 246 g/mol. The summed E-state index contributed by atoms with van der Waals surface area (Å²) in [6.07, 6.45) is 3.83. The summed E-state index contributed by atoms with van der Waals surface area (Å²) < 4.78 is 7.07. The summed E-state index contributed by atoms with van der Waals surface area (Å²) in [6.45, 7) is 3.46. The summed E-state index contributed by atoms with van der Waals surface area (Å²) >= 11 is 7.53. The number of nitrogens with zero attached hydrogens (tertiary/aromatic N) is 3. The van der Waals surface area contributed by atoms with Gasteiger partial charge in [-0.15, -0.1) is 11.3 Å². The van der Waals surface area contributed by atoms with Gasteiger partial charge < -0.3 is 4.74 Å². The van der Waals surface area contributed by atoms with Crippen LogP contribution in [0.4, 0.5) is 0 Å². The minimum absolute atomic E-state index is 0.380. The zero-order valence-electron chi connectivity index (χ0n) is 8.68. The predicted molar refractivity (Wildman–Crippen MR) is 62.9 cm³/mol. The zero-order valence-corrected chi connectivity index (χ0v) is 10.3. The highest BCUT2D eigenvalue weighted by atomic mass is 35.5. The first-order chi connectivity index (χ1) is 7.74. The Morgan fingerprint density at radius 2 is 2.38 bits per heavy atom. The van der Waals surface area contributed by atoms with Crippen LogP contribution >= 0.6 is 22.9 Å². The Labute approximate surface area is 102 Å². The highest BCUT2D eigenvalue weighted by Gasteiger charge is 2.21. The molecule has 84 valence electrons. The van der Waals surface area contributed by atoms with Crippen molar-refractivity contribution in [3.05, 3.63) is 22.4 Å². The zero-order chi connectivity index (χ0) is 11.1. The van der Waals surface area contributed by atoms with Gasteiger partial charge in [-0.3, -0.25) is 4.68 Å². The quantitative estimate of drug-likeness (QED) is 0.828. The molecule has 16 heavy (non-hydrogen) atoms. The van der Waals surface area contributed by atoms with Crippen molar-refractivity contribution in [2.45, 2.75) is 13.0 Å². The molecule has 0 unspecified atom stereocenters. The molecule has 2 aromatic rings. The molecule has 0 radical (unpaired) electrons. The van der Waals surface area contributed by atoms with E-state index in [-0.39, 0.29) is 0 Å². The van der Waals surface area contributed by atoms with E-state index in [4.69, 9.17) is 16.3 Å². The van der Waals surface area contributed by atoms with Crippen LogP contribution in [0.15, 0.2) is 12.4 Å². The average Bonchev–Trinajstić information content (AvgIpc) is 2.73. The van der Waals surface area contributed by atoms with Gasteiger partial charge in [0.2, 0.25) is 0 Å². The van der Waals surface area contributed by atoms with Crippen LogP contribution in [0, 0.1) is 6.92 Å². The summed E-state index contributed by atoms with van der Waals surface area (Å²) in [7, 11) is 0. The van der Waals surface area contributed by atoms with Gasteiger partial charge in [0.05, 0.1) is 25.5 Å². The lowest BCUT2D eigenvalue weighted by molar-refractivity contribution is -0.0286. The van der Waals surface area contributed by atoms with Gasteiger partial charge in [0.1, 0.15) is 10.2 Å². The lowest BCUT2D eigenvalue weighted by atomic mass is 10.3. The second kappa shape index (κ2) is 3.84. The molecule has 1 aliphatic rings. The molecular formula is C10H10ClN3OS. The summed E-state index contributed by atoms with van der Waals surface area (Å²) in [5, 5.41) is 5.82. The highest BCUT2D eigenvalue weighted by Crippen LogP contribution is 2.30. The first-order valence-corrected chi connectivity index (χ1v) is 6.18. The third kappa shape index (κ3) is 1.65. The molecule has 0 N–H and O–H groups in total. The molecule has 4 nitrogen and oxygen atoms in total. The maximum atomic E-state index is 5.94. The van der Waals surface area contributed by atoms with Gasteiger partial charge in [0.15, 0.2) is 0 Å². The second-order valence-corrected chi connectivity index (χ2v) is 5.33. The predicted octanol–water partition coefficient (Wildman–Crippen LogP) is 2.54. The maximum absolute atomic E-state index is 5.94. The van der Waals surface area contributed by atoms with Gasteiger partial charge in [-0.05, 0) is 6.92 Å². The summed E-state index contributed by atoms with van der Waals surface area (Å²) in [4.78, 5) is 5.33. The summed E-state index contributed by atoms with van der Waals surface area (Å²) in [5.74, 6) is 0. The molecule has 1 fully saturated rings. The van der Waals surface area contributed by atoms with Crippen molar-refractivity contribution in [1.82, 2.24) is 14.8 Å². The van der Waals surface area contributed by atoms with E-state index in [0.717, 1.165) is 28.7 Å². The molecule has 1 saturated heterocycles. The van der Waals surface area contributed by atoms with E-state index in [2.05, 4.69) is 10.1 Å². The molecule has 1 aliphatic heterocycles. The van der Waals surface area contributed by atoms with E-state index in [1.807, 2.05) is 24.0 Å². The smallest absolute Gasteiger partial charge is 0.143 e. The fraction of sp³-hybridized carbons (Fsp3) is 0.400. The van der Waals surface area contributed by atoms with Crippen molar-refractivity contribution < 1.29 is 4.74 Å². The van der Waals surface area contributed by atoms with Crippen LogP contribution in [-0.2, 0) is 4.74 Å². The molecule has 3 rings (SSSR count).